The summed E-state index contributed by atoms with van der Waals surface area (Å²) in [5, 5.41) is 0. The van der Waals surface area contributed by atoms with Crippen molar-refractivity contribution < 1.29 is 8.78 Å². The van der Waals surface area contributed by atoms with E-state index < -0.39 is 0 Å². The molecule has 2 aromatic carbocycles. The zero-order valence-electron chi connectivity index (χ0n) is 11.5. The van der Waals surface area contributed by atoms with E-state index in [1.165, 1.54) is 12.1 Å². The fraction of sp³-hybridized carbons (Fsp3) is 0.294. The Morgan fingerprint density at radius 3 is 2.16 bits per heavy atom. The molecule has 0 bridgehead atoms. The Labute approximate surface area is 113 Å². The first-order valence-corrected chi connectivity index (χ1v) is 6.57. The largest absolute Gasteiger partial charge is 0.207 e. The molecule has 100 valence electrons. The summed E-state index contributed by atoms with van der Waals surface area (Å²) < 4.78 is 26.9. The van der Waals surface area contributed by atoms with Crippen LogP contribution in [0.5, 0.6) is 0 Å². The lowest BCUT2D eigenvalue weighted by atomic mass is 9.86. The van der Waals surface area contributed by atoms with Crippen molar-refractivity contribution in [3.8, 4) is 0 Å². The van der Waals surface area contributed by atoms with Crippen LogP contribution in [0.2, 0.25) is 0 Å². The molecule has 0 saturated heterocycles. The van der Waals surface area contributed by atoms with Gasteiger partial charge in [0, 0.05) is 5.92 Å². The van der Waals surface area contributed by atoms with Crippen LogP contribution in [0, 0.1) is 18.6 Å². The summed E-state index contributed by atoms with van der Waals surface area (Å²) >= 11 is 0. The highest BCUT2D eigenvalue weighted by molar-refractivity contribution is 5.41. The molecule has 0 radical (unpaired) electrons. The summed E-state index contributed by atoms with van der Waals surface area (Å²) in [7, 11) is 0. The van der Waals surface area contributed by atoms with Crippen molar-refractivity contribution in [2.75, 3.05) is 0 Å². The van der Waals surface area contributed by atoms with Gasteiger partial charge in [-0.15, -0.1) is 0 Å². The van der Waals surface area contributed by atoms with Crippen molar-refractivity contribution in [1.82, 2.24) is 0 Å². The molecule has 0 aliphatic carbocycles. The van der Waals surface area contributed by atoms with Gasteiger partial charge in [0.05, 0.1) is 0 Å². The van der Waals surface area contributed by atoms with Crippen molar-refractivity contribution in [2.45, 2.75) is 33.1 Å². The number of halogens is 2. The third-order valence-corrected chi connectivity index (χ3v) is 3.66. The van der Waals surface area contributed by atoms with Crippen molar-refractivity contribution >= 4 is 0 Å². The summed E-state index contributed by atoms with van der Waals surface area (Å²) in [5.74, 6) is -0.503. The Hall–Kier alpha value is -1.70. The van der Waals surface area contributed by atoms with Crippen LogP contribution in [0.1, 0.15) is 42.0 Å². The Bertz CT molecular complexity index is 588. The summed E-state index contributed by atoms with van der Waals surface area (Å²) in [4.78, 5) is 0. The molecule has 0 aliphatic rings. The molecular formula is C17H18F2. The molecular weight excluding hydrogens is 242 g/mol. The maximum atomic E-state index is 13.5. The molecule has 0 fully saturated rings. The standard InChI is InChI=1S/C17H18F2/c1-4-13-6-8-15(19)10-17(13)12(3)16-9-14(18)7-5-11(16)2/h5-10,12H,4H2,1-3H3. The summed E-state index contributed by atoms with van der Waals surface area (Å²) in [6, 6.07) is 9.63. The van der Waals surface area contributed by atoms with E-state index in [1.807, 2.05) is 26.8 Å². The highest BCUT2D eigenvalue weighted by Crippen LogP contribution is 2.30. The number of benzene rings is 2. The lowest BCUT2D eigenvalue weighted by Gasteiger charge is -2.18. The van der Waals surface area contributed by atoms with Gasteiger partial charge in [-0.25, -0.2) is 8.78 Å². The van der Waals surface area contributed by atoms with Gasteiger partial charge in [0.25, 0.3) is 0 Å². The first kappa shape index (κ1) is 13.7. The summed E-state index contributed by atoms with van der Waals surface area (Å²) in [6.07, 6.45) is 0.842. The number of hydrogen-bond donors (Lipinski definition) is 0. The number of hydrogen-bond acceptors (Lipinski definition) is 0. The normalized spacial score (nSPS) is 12.5. The van der Waals surface area contributed by atoms with E-state index in [-0.39, 0.29) is 17.6 Å². The third-order valence-electron chi connectivity index (χ3n) is 3.66. The monoisotopic (exact) mass is 260 g/mol. The zero-order chi connectivity index (χ0) is 14.0. The van der Waals surface area contributed by atoms with Gasteiger partial charge in [0.2, 0.25) is 0 Å². The predicted molar refractivity (Wildman–Crippen MR) is 74.4 cm³/mol. The van der Waals surface area contributed by atoms with Crippen LogP contribution in [-0.2, 0) is 6.42 Å². The maximum absolute atomic E-state index is 13.5. The van der Waals surface area contributed by atoms with E-state index in [4.69, 9.17) is 0 Å². The first-order valence-electron chi connectivity index (χ1n) is 6.57. The van der Waals surface area contributed by atoms with Gasteiger partial charge >= 0.3 is 0 Å². The molecule has 1 unspecified atom stereocenters. The minimum Gasteiger partial charge on any atom is -0.207 e. The first-order chi connectivity index (χ1) is 9.02. The molecule has 1 atom stereocenters. The second kappa shape index (κ2) is 5.52. The molecule has 0 heterocycles. The van der Waals surface area contributed by atoms with Crippen molar-refractivity contribution in [1.29, 1.82) is 0 Å². The molecule has 0 amide bonds. The lowest BCUT2D eigenvalue weighted by molar-refractivity contribution is 0.619. The maximum Gasteiger partial charge on any atom is 0.123 e. The van der Waals surface area contributed by atoms with E-state index in [2.05, 4.69) is 0 Å². The van der Waals surface area contributed by atoms with Crippen LogP contribution in [0.15, 0.2) is 36.4 Å². The fourth-order valence-corrected chi connectivity index (χ4v) is 2.54. The van der Waals surface area contributed by atoms with E-state index in [9.17, 15) is 8.78 Å². The Kier molecular flexibility index (Phi) is 3.98. The van der Waals surface area contributed by atoms with Gasteiger partial charge in [-0.05, 0) is 59.9 Å². The van der Waals surface area contributed by atoms with Gasteiger partial charge in [0.1, 0.15) is 11.6 Å². The van der Waals surface area contributed by atoms with Gasteiger partial charge in [-0.1, -0.05) is 26.0 Å². The van der Waals surface area contributed by atoms with Crippen LogP contribution < -0.4 is 0 Å². The molecule has 2 heteroatoms. The molecule has 0 nitrogen and oxygen atoms in total. The molecule has 0 aromatic heterocycles. The highest BCUT2D eigenvalue weighted by Gasteiger charge is 2.15. The SMILES string of the molecule is CCc1ccc(F)cc1C(C)c1cc(F)ccc1C. The van der Waals surface area contributed by atoms with Gasteiger partial charge < -0.3 is 0 Å². The zero-order valence-corrected chi connectivity index (χ0v) is 11.5. The fourth-order valence-electron chi connectivity index (χ4n) is 2.54. The Morgan fingerprint density at radius 2 is 1.53 bits per heavy atom. The van der Waals surface area contributed by atoms with Crippen molar-refractivity contribution in [2.24, 2.45) is 0 Å². The lowest BCUT2D eigenvalue weighted by Crippen LogP contribution is -2.04. The number of aryl methyl sites for hydroxylation is 2. The van der Waals surface area contributed by atoms with Crippen LogP contribution in [-0.4, -0.2) is 0 Å². The van der Waals surface area contributed by atoms with Gasteiger partial charge in [0.15, 0.2) is 0 Å². The minimum atomic E-state index is -0.248. The van der Waals surface area contributed by atoms with Gasteiger partial charge in [-0.2, -0.15) is 0 Å². The molecule has 0 saturated carbocycles. The Balaban J connectivity index is 2.51. The minimum absolute atomic E-state index is 0.0126. The smallest absolute Gasteiger partial charge is 0.123 e. The van der Waals surface area contributed by atoms with E-state index in [0.717, 1.165) is 28.7 Å². The van der Waals surface area contributed by atoms with Crippen LogP contribution in [0.4, 0.5) is 8.78 Å². The average molecular weight is 260 g/mol. The molecule has 0 spiro atoms. The number of rotatable bonds is 3. The van der Waals surface area contributed by atoms with E-state index >= 15 is 0 Å². The van der Waals surface area contributed by atoms with Crippen molar-refractivity contribution in [3.63, 3.8) is 0 Å². The molecule has 0 aliphatic heterocycles. The highest BCUT2D eigenvalue weighted by atomic mass is 19.1. The van der Waals surface area contributed by atoms with Crippen LogP contribution in [0.3, 0.4) is 0 Å². The van der Waals surface area contributed by atoms with E-state index in [0.29, 0.717) is 0 Å². The topological polar surface area (TPSA) is 0 Å². The Morgan fingerprint density at radius 1 is 0.947 bits per heavy atom. The third kappa shape index (κ3) is 2.83. The van der Waals surface area contributed by atoms with Crippen LogP contribution >= 0.6 is 0 Å². The second-order valence-electron chi connectivity index (χ2n) is 4.92. The molecule has 0 N–H and O–H groups in total. The summed E-state index contributed by atoms with van der Waals surface area (Å²) in [5.41, 5.74) is 3.99. The average Bonchev–Trinajstić information content (AvgIpc) is 2.40. The predicted octanol–water partition coefficient (Wildman–Crippen LogP) is 4.99. The van der Waals surface area contributed by atoms with Crippen LogP contribution in [0.25, 0.3) is 0 Å². The summed E-state index contributed by atoms with van der Waals surface area (Å²) in [6.45, 7) is 5.99. The molecule has 19 heavy (non-hydrogen) atoms. The van der Waals surface area contributed by atoms with E-state index in [1.54, 1.807) is 18.2 Å². The van der Waals surface area contributed by atoms with Gasteiger partial charge in [-0.3, -0.25) is 0 Å². The quantitative estimate of drug-likeness (QED) is 0.729. The van der Waals surface area contributed by atoms with Crippen molar-refractivity contribution in [3.05, 3.63) is 70.3 Å². The molecule has 2 aromatic rings. The second-order valence-corrected chi connectivity index (χ2v) is 4.92. The molecule has 2 rings (SSSR count).